The molecule has 2 aromatic heterocycles. The summed E-state index contributed by atoms with van der Waals surface area (Å²) in [5.74, 6) is 1.59. The molecule has 9 heteroatoms. The number of hydrogen-bond donors (Lipinski definition) is 1. The quantitative estimate of drug-likeness (QED) is 0.389. The van der Waals surface area contributed by atoms with Gasteiger partial charge in [-0.1, -0.05) is 66.2 Å². The summed E-state index contributed by atoms with van der Waals surface area (Å²) in [5.41, 5.74) is 2.45. The highest BCUT2D eigenvalue weighted by Gasteiger charge is 2.24. The lowest BCUT2D eigenvalue weighted by Gasteiger charge is -2.35. The molecule has 6 rings (SSSR count). The molecule has 0 spiro atoms. The first-order valence-electron chi connectivity index (χ1n) is 11.9. The molecule has 1 amide bonds. The highest BCUT2D eigenvalue weighted by atomic mass is 35.5. The van der Waals surface area contributed by atoms with Crippen molar-refractivity contribution in [2.75, 3.05) is 42.9 Å². The molecule has 0 unspecified atom stereocenters. The van der Waals surface area contributed by atoms with E-state index in [-0.39, 0.29) is 5.91 Å². The lowest BCUT2D eigenvalue weighted by Crippen LogP contribution is -2.49. The molecule has 36 heavy (non-hydrogen) atoms. The van der Waals surface area contributed by atoms with Gasteiger partial charge in [0, 0.05) is 53.2 Å². The molecule has 3 aromatic carbocycles. The van der Waals surface area contributed by atoms with Crippen LogP contribution in [0.25, 0.3) is 27.8 Å². The monoisotopic (exact) mass is 497 g/mol. The predicted octanol–water partition coefficient (Wildman–Crippen LogP) is 4.36. The maximum absolute atomic E-state index is 12.6. The summed E-state index contributed by atoms with van der Waals surface area (Å²) in [5, 5.41) is 19.6. The lowest BCUT2D eigenvalue weighted by molar-refractivity contribution is -0.117. The molecule has 0 bridgehead atoms. The summed E-state index contributed by atoms with van der Waals surface area (Å²) in [6.07, 6.45) is 0. The molecule has 0 radical (unpaired) electrons. The molecule has 1 N–H and O–H groups in total. The number of fused-ring (bicyclic) bond motifs is 3. The van der Waals surface area contributed by atoms with Gasteiger partial charge >= 0.3 is 0 Å². The smallest absolute Gasteiger partial charge is 0.238 e. The third-order valence-corrected chi connectivity index (χ3v) is 6.70. The molecule has 1 aliphatic rings. The highest BCUT2D eigenvalue weighted by molar-refractivity contribution is 6.30. The van der Waals surface area contributed by atoms with Crippen LogP contribution in [-0.2, 0) is 4.79 Å². The third kappa shape index (κ3) is 4.36. The van der Waals surface area contributed by atoms with Gasteiger partial charge in [-0.25, -0.2) is 0 Å². The van der Waals surface area contributed by atoms with Crippen LogP contribution in [0.1, 0.15) is 0 Å². The molecule has 0 aliphatic carbocycles. The highest BCUT2D eigenvalue weighted by Crippen LogP contribution is 2.30. The minimum Gasteiger partial charge on any atom is -0.352 e. The summed E-state index contributed by atoms with van der Waals surface area (Å²) in [4.78, 5) is 17.0. The Balaban J connectivity index is 1.23. The van der Waals surface area contributed by atoms with E-state index in [1.54, 1.807) is 24.3 Å². The van der Waals surface area contributed by atoms with Gasteiger partial charge in [-0.05, 0) is 24.3 Å². The zero-order valence-electron chi connectivity index (χ0n) is 19.5. The third-order valence-electron chi connectivity index (χ3n) is 6.44. The van der Waals surface area contributed by atoms with Crippen LogP contribution >= 0.6 is 11.6 Å². The van der Waals surface area contributed by atoms with Crippen LogP contribution in [-0.4, -0.2) is 63.3 Å². The molecule has 0 atom stereocenters. The van der Waals surface area contributed by atoms with E-state index in [0.717, 1.165) is 65.5 Å². The number of halogens is 1. The molecule has 1 aliphatic heterocycles. The minimum atomic E-state index is -0.0345. The zero-order valence-corrected chi connectivity index (χ0v) is 20.3. The largest absolute Gasteiger partial charge is 0.352 e. The van der Waals surface area contributed by atoms with Crippen molar-refractivity contribution < 1.29 is 4.79 Å². The first kappa shape index (κ1) is 22.5. The van der Waals surface area contributed by atoms with Gasteiger partial charge in [-0.15, -0.1) is 15.3 Å². The Labute approximate surface area is 213 Å². The fraction of sp³-hybridized carbons (Fsp3) is 0.185. The molecule has 0 saturated carbocycles. The van der Waals surface area contributed by atoms with Gasteiger partial charge in [0.2, 0.25) is 5.91 Å². The average Bonchev–Trinajstić information content (AvgIpc) is 3.35. The van der Waals surface area contributed by atoms with Gasteiger partial charge in [0.05, 0.1) is 6.54 Å². The van der Waals surface area contributed by atoms with Crippen LogP contribution in [0.2, 0.25) is 5.02 Å². The Kier molecular flexibility index (Phi) is 5.96. The Hall–Kier alpha value is -4.01. The summed E-state index contributed by atoms with van der Waals surface area (Å²) in [6.45, 7) is 3.39. The van der Waals surface area contributed by atoms with E-state index in [1.807, 2.05) is 47.0 Å². The van der Waals surface area contributed by atoms with Crippen LogP contribution in [0.3, 0.4) is 0 Å². The summed E-state index contributed by atoms with van der Waals surface area (Å²) in [7, 11) is 0. The first-order chi connectivity index (χ1) is 17.7. The van der Waals surface area contributed by atoms with Crippen molar-refractivity contribution in [2.45, 2.75) is 0 Å². The van der Waals surface area contributed by atoms with E-state index >= 15 is 0 Å². The molecule has 3 heterocycles. The van der Waals surface area contributed by atoms with Gasteiger partial charge in [0.1, 0.15) is 0 Å². The van der Waals surface area contributed by atoms with Crippen molar-refractivity contribution in [3.05, 3.63) is 83.9 Å². The van der Waals surface area contributed by atoms with E-state index in [2.05, 4.69) is 37.4 Å². The molecule has 8 nitrogen and oxygen atoms in total. The van der Waals surface area contributed by atoms with E-state index in [9.17, 15) is 4.79 Å². The maximum Gasteiger partial charge on any atom is 0.238 e. The van der Waals surface area contributed by atoms with Crippen LogP contribution < -0.4 is 10.2 Å². The second kappa shape index (κ2) is 9.56. The number of aromatic nitrogens is 4. The summed E-state index contributed by atoms with van der Waals surface area (Å²) < 4.78 is 1.85. The summed E-state index contributed by atoms with van der Waals surface area (Å²) >= 11 is 5.93. The van der Waals surface area contributed by atoms with Crippen molar-refractivity contribution in [3.8, 4) is 11.4 Å². The van der Waals surface area contributed by atoms with E-state index < -0.39 is 0 Å². The number of benzene rings is 3. The predicted molar refractivity (Wildman–Crippen MR) is 142 cm³/mol. The van der Waals surface area contributed by atoms with Crippen LogP contribution in [0.5, 0.6) is 0 Å². The second-order valence-corrected chi connectivity index (χ2v) is 9.25. The average molecular weight is 498 g/mol. The minimum absolute atomic E-state index is 0.0345. The van der Waals surface area contributed by atoms with E-state index in [0.29, 0.717) is 11.6 Å². The Morgan fingerprint density at radius 3 is 2.28 bits per heavy atom. The normalized spacial score (nSPS) is 14.4. The first-order valence-corrected chi connectivity index (χ1v) is 12.3. The van der Waals surface area contributed by atoms with Crippen LogP contribution in [0.4, 0.5) is 11.5 Å². The molecular weight excluding hydrogens is 474 g/mol. The standard InChI is InChI=1S/C27H24ClN7O/c28-20-10-12-21(13-11-20)29-24(36)18-33-14-16-34(17-15-33)27-23-9-5-4-8-22(23)26-31-30-25(35(26)32-27)19-6-2-1-3-7-19/h1-13H,14-18H2,(H,29,36). The molecule has 1 fully saturated rings. The second-order valence-electron chi connectivity index (χ2n) is 8.81. The van der Waals surface area contributed by atoms with Crippen LogP contribution in [0, 0.1) is 0 Å². The number of piperazine rings is 1. The van der Waals surface area contributed by atoms with Gasteiger partial charge in [-0.3, -0.25) is 9.69 Å². The Bertz CT molecular complexity index is 1530. The van der Waals surface area contributed by atoms with Gasteiger partial charge < -0.3 is 10.2 Å². The Morgan fingerprint density at radius 2 is 1.53 bits per heavy atom. The number of amides is 1. The number of nitrogens with zero attached hydrogens (tertiary/aromatic N) is 6. The van der Waals surface area contributed by atoms with E-state index in [4.69, 9.17) is 16.7 Å². The van der Waals surface area contributed by atoms with Gasteiger partial charge in [0.15, 0.2) is 17.3 Å². The number of anilines is 2. The maximum atomic E-state index is 12.6. The number of nitrogens with one attached hydrogen (secondary N) is 1. The van der Waals surface area contributed by atoms with Crippen molar-refractivity contribution in [3.63, 3.8) is 0 Å². The fourth-order valence-corrected chi connectivity index (χ4v) is 4.75. The van der Waals surface area contributed by atoms with Crippen LogP contribution in [0.15, 0.2) is 78.9 Å². The Morgan fingerprint density at radius 1 is 0.833 bits per heavy atom. The lowest BCUT2D eigenvalue weighted by atomic mass is 10.1. The SMILES string of the molecule is O=C(CN1CCN(c2nn3c(-c4ccccc4)nnc3c3ccccc23)CC1)Nc1ccc(Cl)cc1. The van der Waals surface area contributed by atoms with Gasteiger partial charge in [0.25, 0.3) is 0 Å². The molecule has 1 saturated heterocycles. The number of carbonyl (C=O) groups is 1. The molecular formula is C27H24ClN7O. The van der Waals surface area contributed by atoms with Gasteiger partial charge in [-0.2, -0.15) is 4.52 Å². The summed E-state index contributed by atoms with van der Waals surface area (Å²) in [6, 6.07) is 25.3. The van der Waals surface area contributed by atoms with Crippen molar-refractivity contribution >= 4 is 45.4 Å². The number of carbonyl (C=O) groups excluding carboxylic acids is 1. The number of hydrogen-bond acceptors (Lipinski definition) is 6. The van der Waals surface area contributed by atoms with Crippen molar-refractivity contribution in [1.82, 2.24) is 24.7 Å². The van der Waals surface area contributed by atoms with Crippen molar-refractivity contribution in [2.24, 2.45) is 0 Å². The van der Waals surface area contributed by atoms with E-state index in [1.165, 1.54) is 0 Å². The fourth-order valence-electron chi connectivity index (χ4n) is 4.62. The number of rotatable bonds is 5. The topological polar surface area (TPSA) is 78.7 Å². The van der Waals surface area contributed by atoms with Crippen molar-refractivity contribution in [1.29, 1.82) is 0 Å². The molecule has 5 aromatic rings. The zero-order chi connectivity index (χ0) is 24.5. The molecule has 180 valence electrons.